The lowest BCUT2D eigenvalue weighted by Crippen LogP contribution is -2.37. The Morgan fingerprint density at radius 3 is 2.78 bits per heavy atom. The number of carbonyl (C=O) groups excluding carboxylic acids is 3. The fourth-order valence-electron chi connectivity index (χ4n) is 2.15. The number of carbonyl (C=O) groups is 3. The third-order valence-corrected chi connectivity index (χ3v) is 5.17. The van der Waals surface area contributed by atoms with Crippen LogP contribution in [0.15, 0.2) is 53.0 Å². The number of thioether (sulfide) groups is 2. The van der Waals surface area contributed by atoms with Crippen molar-refractivity contribution in [2.45, 2.75) is 5.16 Å². The van der Waals surface area contributed by atoms with E-state index in [2.05, 4.69) is 20.3 Å². The van der Waals surface area contributed by atoms with E-state index in [1.54, 1.807) is 49.1 Å². The smallest absolute Gasteiger partial charge is 0.293 e. The molecule has 1 fully saturated rings. The van der Waals surface area contributed by atoms with Gasteiger partial charge in [-0.05, 0) is 35.5 Å². The maximum Gasteiger partial charge on any atom is 0.293 e. The molecule has 0 unspecified atom stereocenters. The molecule has 3 heterocycles. The molecule has 1 aliphatic rings. The van der Waals surface area contributed by atoms with Crippen molar-refractivity contribution in [3.05, 3.63) is 53.5 Å². The van der Waals surface area contributed by atoms with Gasteiger partial charge in [-0.25, -0.2) is 9.97 Å². The number of rotatable bonds is 7. The third-order valence-electron chi connectivity index (χ3n) is 3.39. The van der Waals surface area contributed by atoms with E-state index >= 15 is 0 Å². The van der Waals surface area contributed by atoms with Crippen molar-refractivity contribution in [2.75, 3.05) is 18.8 Å². The Kier molecular flexibility index (Phi) is 6.55. The van der Waals surface area contributed by atoms with Gasteiger partial charge in [0.25, 0.3) is 11.1 Å². The van der Waals surface area contributed by atoms with Crippen molar-refractivity contribution >= 4 is 46.7 Å². The maximum atomic E-state index is 12.4. The van der Waals surface area contributed by atoms with Gasteiger partial charge in [-0.15, -0.1) is 0 Å². The molecule has 0 spiro atoms. The summed E-state index contributed by atoms with van der Waals surface area (Å²) in [5, 5.41) is 2.85. The normalized spacial score (nSPS) is 15.4. The molecule has 0 saturated carbocycles. The number of amides is 3. The van der Waals surface area contributed by atoms with Crippen molar-refractivity contribution in [3.8, 4) is 0 Å². The molecule has 27 heavy (non-hydrogen) atoms. The van der Waals surface area contributed by atoms with E-state index < -0.39 is 0 Å². The van der Waals surface area contributed by atoms with Gasteiger partial charge in [-0.2, -0.15) is 0 Å². The molecular formula is C17H15N5O3S2. The van der Waals surface area contributed by atoms with Crippen molar-refractivity contribution in [2.24, 2.45) is 0 Å². The van der Waals surface area contributed by atoms with Crippen LogP contribution in [-0.2, 0) is 9.59 Å². The van der Waals surface area contributed by atoms with Crippen LogP contribution in [0.3, 0.4) is 0 Å². The highest BCUT2D eigenvalue weighted by atomic mass is 32.2. The fourth-order valence-corrected chi connectivity index (χ4v) is 3.65. The lowest BCUT2D eigenvalue weighted by molar-refractivity contribution is -0.123. The van der Waals surface area contributed by atoms with Crippen LogP contribution in [0.5, 0.6) is 0 Å². The summed E-state index contributed by atoms with van der Waals surface area (Å²) in [6.07, 6.45) is 8.08. The number of imide groups is 1. The minimum absolute atomic E-state index is 0.118. The Balaban J connectivity index is 1.46. The molecule has 3 amide bonds. The van der Waals surface area contributed by atoms with Crippen molar-refractivity contribution in [3.63, 3.8) is 0 Å². The molecule has 1 N–H and O–H groups in total. The second-order valence-electron chi connectivity index (χ2n) is 5.29. The van der Waals surface area contributed by atoms with E-state index in [1.807, 2.05) is 0 Å². The highest BCUT2D eigenvalue weighted by Crippen LogP contribution is 2.31. The quantitative estimate of drug-likeness (QED) is 0.425. The molecule has 0 radical (unpaired) electrons. The van der Waals surface area contributed by atoms with Gasteiger partial charge in [0.1, 0.15) is 0 Å². The largest absolute Gasteiger partial charge is 0.354 e. The van der Waals surface area contributed by atoms with Crippen LogP contribution in [0.4, 0.5) is 4.79 Å². The number of pyridine rings is 1. The highest BCUT2D eigenvalue weighted by molar-refractivity contribution is 8.18. The first-order valence-corrected chi connectivity index (χ1v) is 9.75. The van der Waals surface area contributed by atoms with Crippen LogP contribution in [-0.4, -0.2) is 55.7 Å². The average Bonchev–Trinajstić information content (AvgIpc) is 2.95. The minimum Gasteiger partial charge on any atom is -0.354 e. The van der Waals surface area contributed by atoms with Crippen molar-refractivity contribution < 1.29 is 14.4 Å². The number of aromatic nitrogens is 3. The SMILES string of the molecule is O=C(CSc1ncccn1)NCCN1C(=O)SC(=Cc2cccnc2)C1=O. The fraction of sp³-hybridized carbons (Fsp3) is 0.176. The molecule has 10 heteroatoms. The standard InChI is InChI=1S/C17H15N5O3S2/c23-14(11-26-16-20-5-2-6-21-16)19-7-8-22-15(24)13(27-17(22)25)9-12-3-1-4-18-10-12/h1-6,9-10H,7-8,11H2,(H,19,23). The predicted molar refractivity (Wildman–Crippen MR) is 103 cm³/mol. The Labute approximate surface area is 163 Å². The second-order valence-corrected chi connectivity index (χ2v) is 7.23. The van der Waals surface area contributed by atoms with E-state index in [9.17, 15) is 14.4 Å². The molecule has 1 aliphatic heterocycles. The van der Waals surface area contributed by atoms with E-state index in [-0.39, 0.29) is 35.9 Å². The number of hydrogen-bond donors (Lipinski definition) is 1. The summed E-state index contributed by atoms with van der Waals surface area (Å²) in [5.74, 6) is -0.423. The summed E-state index contributed by atoms with van der Waals surface area (Å²) in [6.45, 7) is 0.306. The second kappa shape index (κ2) is 9.28. The van der Waals surface area contributed by atoms with Crippen molar-refractivity contribution in [1.29, 1.82) is 0 Å². The highest BCUT2D eigenvalue weighted by Gasteiger charge is 2.34. The first-order chi connectivity index (χ1) is 13.1. The Morgan fingerprint density at radius 2 is 2.04 bits per heavy atom. The van der Waals surface area contributed by atoms with Gasteiger partial charge in [0, 0.05) is 37.9 Å². The van der Waals surface area contributed by atoms with Gasteiger partial charge in [0.15, 0.2) is 5.16 Å². The summed E-state index contributed by atoms with van der Waals surface area (Å²) in [5.41, 5.74) is 0.747. The zero-order chi connectivity index (χ0) is 19.1. The van der Waals surface area contributed by atoms with Gasteiger partial charge >= 0.3 is 0 Å². The van der Waals surface area contributed by atoms with Crippen LogP contribution in [0.25, 0.3) is 6.08 Å². The zero-order valence-corrected chi connectivity index (χ0v) is 15.7. The molecule has 0 atom stereocenters. The molecule has 138 valence electrons. The van der Waals surface area contributed by atoms with Crippen LogP contribution in [0.2, 0.25) is 0 Å². The first kappa shape index (κ1) is 19.1. The lowest BCUT2D eigenvalue weighted by Gasteiger charge is -2.12. The molecule has 1 saturated heterocycles. The first-order valence-electron chi connectivity index (χ1n) is 7.95. The molecule has 0 aliphatic carbocycles. The van der Waals surface area contributed by atoms with Gasteiger partial charge in [0.05, 0.1) is 10.7 Å². The van der Waals surface area contributed by atoms with Crippen LogP contribution in [0, 0.1) is 0 Å². The monoisotopic (exact) mass is 401 g/mol. The lowest BCUT2D eigenvalue weighted by atomic mass is 10.2. The van der Waals surface area contributed by atoms with Crippen molar-refractivity contribution in [1.82, 2.24) is 25.2 Å². The van der Waals surface area contributed by atoms with Crippen LogP contribution >= 0.6 is 23.5 Å². The Hall–Kier alpha value is -2.72. The molecular weight excluding hydrogens is 386 g/mol. The van der Waals surface area contributed by atoms with Crippen LogP contribution in [0.1, 0.15) is 5.56 Å². The van der Waals surface area contributed by atoms with E-state index in [0.29, 0.717) is 10.1 Å². The van der Waals surface area contributed by atoms with Gasteiger partial charge in [0.2, 0.25) is 5.91 Å². The zero-order valence-electron chi connectivity index (χ0n) is 14.1. The molecule has 2 aromatic rings. The summed E-state index contributed by atoms with van der Waals surface area (Å²) < 4.78 is 0. The maximum absolute atomic E-state index is 12.4. The average molecular weight is 401 g/mol. The molecule has 8 nitrogen and oxygen atoms in total. The molecule has 3 rings (SSSR count). The minimum atomic E-state index is -0.366. The summed E-state index contributed by atoms with van der Waals surface area (Å²) >= 11 is 2.09. The number of hydrogen-bond acceptors (Lipinski definition) is 8. The van der Waals surface area contributed by atoms with E-state index in [1.165, 1.54) is 11.8 Å². The third kappa shape index (κ3) is 5.38. The van der Waals surface area contributed by atoms with E-state index in [0.717, 1.165) is 22.2 Å². The summed E-state index contributed by atoms with van der Waals surface area (Å²) in [7, 11) is 0. The summed E-state index contributed by atoms with van der Waals surface area (Å²) in [4.78, 5) is 49.8. The molecule has 2 aromatic heterocycles. The molecule has 0 bridgehead atoms. The van der Waals surface area contributed by atoms with Gasteiger partial charge < -0.3 is 5.32 Å². The topological polar surface area (TPSA) is 105 Å². The van der Waals surface area contributed by atoms with Gasteiger partial charge in [-0.3, -0.25) is 24.3 Å². The van der Waals surface area contributed by atoms with Gasteiger partial charge in [-0.1, -0.05) is 17.8 Å². The Morgan fingerprint density at radius 1 is 1.22 bits per heavy atom. The van der Waals surface area contributed by atoms with E-state index in [4.69, 9.17) is 0 Å². The Bertz CT molecular complexity index is 861. The summed E-state index contributed by atoms with van der Waals surface area (Å²) in [6, 6.07) is 5.25. The number of nitrogens with zero attached hydrogens (tertiary/aromatic N) is 4. The van der Waals surface area contributed by atoms with Crippen LogP contribution < -0.4 is 5.32 Å². The molecule has 0 aromatic carbocycles. The predicted octanol–water partition coefficient (Wildman–Crippen LogP) is 1.82. The number of nitrogens with one attached hydrogen (secondary N) is 1.